The second-order valence-electron chi connectivity index (χ2n) is 5.10. The zero-order chi connectivity index (χ0) is 14.7. The van der Waals surface area contributed by atoms with Crippen molar-refractivity contribution < 1.29 is 0 Å². The third kappa shape index (κ3) is 2.55. The predicted molar refractivity (Wildman–Crippen MR) is 88.5 cm³/mol. The summed E-state index contributed by atoms with van der Waals surface area (Å²) in [6.45, 7) is 2.93. The number of hydrogen-bond donors (Lipinski definition) is 1. The molecule has 2 aromatic carbocycles. The van der Waals surface area contributed by atoms with E-state index in [9.17, 15) is 0 Å². The van der Waals surface area contributed by atoms with E-state index in [1.807, 2.05) is 6.07 Å². The Morgan fingerprint density at radius 3 is 2.48 bits per heavy atom. The quantitative estimate of drug-likeness (QED) is 0.440. The average Bonchev–Trinajstić information content (AvgIpc) is 2.89. The Balaban J connectivity index is 2.11. The molecule has 0 fully saturated rings. The smallest absolute Gasteiger partial charge is 0.0691 e. The number of fused-ring (bicyclic) bond motifs is 1. The number of aromatic nitrogens is 1. The monoisotopic (exact) mass is 277 g/mol. The van der Waals surface area contributed by atoms with Gasteiger partial charge in [-0.25, -0.2) is 0 Å². The standard InChI is InChI=1S/C18H19N3/c1-2-17(20-19)16-13-21(12-14-8-4-3-5-9-14)18-11-7-6-10-15(16)18/h3-11,13H,2,12,19H2,1H3. The van der Waals surface area contributed by atoms with Crippen LogP contribution in [0.1, 0.15) is 24.5 Å². The molecule has 3 aromatic rings. The van der Waals surface area contributed by atoms with E-state index in [1.54, 1.807) is 0 Å². The zero-order valence-corrected chi connectivity index (χ0v) is 12.2. The highest BCUT2D eigenvalue weighted by Crippen LogP contribution is 2.23. The summed E-state index contributed by atoms with van der Waals surface area (Å²) in [6, 6.07) is 18.9. The van der Waals surface area contributed by atoms with Crippen molar-refractivity contribution in [3.8, 4) is 0 Å². The Bertz CT molecular complexity index is 770. The number of rotatable bonds is 4. The average molecular weight is 277 g/mol. The van der Waals surface area contributed by atoms with Crippen molar-refractivity contribution in [1.29, 1.82) is 0 Å². The summed E-state index contributed by atoms with van der Waals surface area (Å²) >= 11 is 0. The lowest BCUT2D eigenvalue weighted by Crippen LogP contribution is -2.02. The largest absolute Gasteiger partial charge is 0.342 e. The Hall–Kier alpha value is -2.55. The van der Waals surface area contributed by atoms with Crippen LogP contribution < -0.4 is 5.84 Å². The minimum Gasteiger partial charge on any atom is -0.342 e. The van der Waals surface area contributed by atoms with Crippen LogP contribution in [-0.2, 0) is 6.54 Å². The van der Waals surface area contributed by atoms with Gasteiger partial charge in [0, 0.05) is 29.2 Å². The molecule has 0 saturated carbocycles. The van der Waals surface area contributed by atoms with Gasteiger partial charge in [0.1, 0.15) is 0 Å². The molecule has 0 aliphatic carbocycles. The molecule has 0 bridgehead atoms. The lowest BCUT2D eigenvalue weighted by molar-refractivity contribution is 0.836. The van der Waals surface area contributed by atoms with E-state index < -0.39 is 0 Å². The van der Waals surface area contributed by atoms with Gasteiger partial charge >= 0.3 is 0 Å². The molecule has 0 aliphatic heterocycles. The lowest BCUT2D eigenvalue weighted by atomic mass is 10.1. The molecule has 3 nitrogen and oxygen atoms in total. The van der Waals surface area contributed by atoms with Gasteiger partial charge in [-0.05, 0) is 18.1 Å². The zero-order valence-electron chi connectivity index (χ0n) is 12.2. The lowest BCUT2D eigenvalue weighted by Gasteiger charge is -2.05. The fourth-order valence-electron chi connectivity index (χ4n) is 2.74. The van der Waals surface area contributed by atoms with Crippen LogP contribution >= 0.6 is 0 Å². The van der Waals surface area contributed by atoms with E-state index in [0.717, 1.165) is 24.2 Å². The number of benzene rings is 2. The summed E-state index contributed by atoms with van der Waals surface area (Å²) < 4.78 is 2.26. The number of nitrogens with two attached hydrogens (primary N) is 1. The van der Waals surface area contributed by atoms with E-state index in [4.69, 9.17) is 5.84 Å². The number of hydrazone groups is 1. The highest BCUT2D eigenvalue weighted by atomic mass is 15.1. The van der Waals surface area contributed by atoms with Gasteiger partial charge in [0.25, 0.3) is 0 Å². The normalized spacial score (nSPS) is 12.0. The van der Waals surface area contributed by atoms with Crippen molar-refractivity contribution in [2.45, 2.75) is 19.9 Å². The van der Waals surface area contributed by atoms with Crippen molar-refractivity contribution in [2.75, 3.05) is 0 Å². The van der Waals surface area contributed by atoms with Gasteiger partial charge in [-0.15, -0.1) is 0 Å². The van der Waals surface area contributed by atoms with Crippen molar-refractivity contribution in [1.82, 2.24) is 4.57 Å². The fourth-order valence-corrected chi connectivity index (χ4v) is 2.74. The maximum Gasteiger partial charge on any atom is 0.0691 e. The van der Waals surface area contributed by atoms with Crippen molar-refractivity contribution >= 4 is 16.6 Å². The summed E-state index contributed by atoms with van der Waals surface area (Å²) in [5.41, 5.74) is 4.57. The number of hydrogen-bond acceptors (Lipinski definition) is 2. The third-order valence-electron chi connectivity index (χ3n) is 3.79. The van der Waals surface area contributed by atoms with Gasteiger partial charge in [-0.1, -0.05) is 55.5 Å². The second-order valence-corrected chi connectivity index (χ2v) is 5.10. The highest BCUT2D eigenvalue weighted by molar-refractivity contribution is 6.10. The van der Waals surface area contributed by atoms with Gasteiger partial charge in [0.15, 0.2) is 0 Å². The fraction of sp³-hybridized carbons (Fsp3) is 0.167. The molecule has 0 spiro atoms. The summed E-state index contributed by atoms with van der Waals surface area (Å²) in [5.74, 6) is 5.55. The summed E-state index contributed by atoms with van der Waals surface area (Å²) in [6.07, 6.45) is 2.99. The molecule has 1 aromatic heterocycles. The van der Waals surface area contributed by atoms with Crippen LogP contribution in [0.4, 0.5) is 0 Å². The molecule has 3 rings (SSSR count). The molecule has 0 saturated heterocycles. The maximum absolute atomic E-state index is 5.55. The summed E-state index contributed by atoms with van der Waals surface area (Å²) in [4.78, 5) is 0. The maximum atomic E-state index is 5.55. The van der Waals surface area contributed by atoms with Crippen molar-refractivity contribution in [2.24, 2.45) is 10.9 Å². The molecular formula is C18H19N3. The van der Waals surface area contributed by atoms with Gasteiger partial charge in [0.2, 0.25) is 0 Å². The Labute approximate surface area is 124 Å². The van der Waals surface area contributed by atoms with Crippen LogP contribution in [0.15, 0.2) is 65.9 Å². The predicted octanol–water partition coefficient (Wildman–Crippen LogP) is 3.76. The van der Waals surface area contributed by atoms with Crippen LogP contribution in [-0.4, -0.2) is 10.3 Å². The number of para-hydroxylation sites is 1. The SMILES string of the molecule is CCC(=NN)c1cn(Cc2ccccc2)c2ccccc12. The Kier molecular flexibility index (Phi) is 3.73. The third-order valence-corrected chi connectivity index (χ3v) is 3.79. The van der Waals surface area contributed by atoms with Gasteiger partial charge in [-0.3, -0.25) is 0 Å². The molecular weight excluding hydrogens is 258 g/mol. The van der Waals surface area contributed by atoms with Gasteiger partial charge in [-0.2, -0.15) is 5.10 Å². The van der Waals surface area contributed by atoms with E-state index >= 15 is 0 Å². The summed E-state index contributed by atoms with van der Waals surface area (Å²) in [7, 11) is 0. The molecule has 106 valence electrons. The van der Waals surface area contributed by atoms with Crippen molar-refractivity contribution in [3.05, 3.63) is 71.9 Å². The Morgan fingerprint density at radius 1 is 1.05 bits per heavy atom. The van der Waals surface area contributed by atoms with E-state index in [-0.39, 0.29) is 0 Å². The molecule has 0 atom stereocenters. The molecule has 0 amide bonds. The molecule has 0 radical (unpaired) electrons. The first-order chi connectivity index (χ1) is 10.3. The van der Waals surface area contributed by atoms with E-state index in [1.165, 1.54) is 16.5 Å². The van der Waals surface area contributed by atoms with Crippen molar-refractivity contribution in [3.63, 3.8) is 0 Å². The summed E-state index contributed by atoms with van der Waals surface area (Å²) in [5, 5.41) is 5.16. The molecule has 0 unspecified atom stereocenters. The molecule has 3 heteroatoms. The van der Waals surface area contributed by atoms with Crippen LogP contribution in [0, 0.1) is 0 Å². The first kappa shape index (κ1) is 13.4. The molecule has 21 heavy (non-hydrogen) atoms. The highest BCUT2D eigenvalue weighted by Gasteiger charge is 2.12. The van der Waals surface area contributed by atoms with Crippen LogP contribution in [0.25, 0.3) is 10.9 Å². The molecule has 1 heterocycles. The minimum absolute atomic E-state index is 0.829. The topological polar surface area (TPSA) is 43.3 Å². The molecule has 2 N–H and O–H groups in total. The van der Waals surface area contributed by atoms with Crippen LogP contribution in [0.3, 0.4) is 0 Å². The van der Waals surface area contributed by atoms with Crippen LogP contribution in [0.2, 0.25) is 0 Å². The Morgan fingerprint density at radius 2 is 1.76 bits per heavy atom. The van der Waals surface area contributed by atoms with Gasteiger partial charge in [0.05, 0.1) is 5.71 Å². The first-order valence-electron chi connectivity index (χ1n) is 7.22. The first-order valence-corrected chi connectivity index (χ1v) is 7.22. The molecule has 0 aliphatic rings. The second kappa shape index (κ2) is 5.83. The minimum atomic E-state index is 0.829. The van der Waals surface area contributed by atoms with Gasteiger partial charge < -0.3 is 10.4 Å². The van der Waals surface area contributed by atoms with Crippen LogP contribution in [0.5, 0.6) is 0 Å². The van der Waals surface area contributed by atoms with E-state index in [0.29, 0.717) is 0 Å². The number of nitrogens with zero attached hydrogens (tertiary/aromatic N) is 2. The van der Waals surface area contributed by atoms with E-state index in [2.05, 4.69) is 71.3 Å².